The average molecular weight is 374 g/mol. The van der Waals surface area contributed by atoms with Crippen molar-refractivity contribution in [3.63, 3.8) is 0 Å². The summed E-state index contributed by atoms with van der Waals surface area (Å²) in [5, 5.41) is 0. The largest absolute Gasteiger partial charge is 0.491 e. The van der Waals surface area contributed by atoms with Gasteiger partial charge < -0.3 is 19.3 Å². The number of carbonyl (C=O) groups is 2. The van der Waals surface area contributed by atoms with Gasteiger partial charge in [0.05, 0.1) is 6.10 Å². The maximum atomic E-state index is 12.7. The van der Waals surface area contributed by atoms with E-state index in [-0.39, 0.29) is 23.3 Å². The summed E-state index contributed by atoms with van der Waals surface area (Å²) >= 11 is 0. The molecule has 148 valence electrons. The highest BCUT2D eigenvalue weighted by molar-refractivity contribution is 5.94. The van der Waals surface area contributed by atoms with Gasteiger partial charge in [0.1, 0.15) is 12.4 Å². The van der Waals surface area contributed by atoms with E-state index in [1.165, 1.54) is 0 Å². The molecule has 1 atom stereocenters. The molecule has 0 bridgehead atoms. The third-order valence-corrected chi connectivity index (χ3v) is 5.06. The highest BCUT2D eigenvalue weighted by atomic mass is 16.5. The monoisotopic (exact) mass is 374 g/mol. The van der Waals surface area contributed by atoms with Crippen LogP contribution in [0.25, 0.3) is 0 Å². The van der Waals surface area contributed by atoms with Gasteiger partial charge in [0.15, 0.2) is 0 Å². The van der Waals surface area contributed by atoms with Crippen LogP contribution in [0.4, 0.5) is 0 Å². The molecule has 0 saturated carbocycles. The Balaban J connectivity index is 1.50. The quantitative estimate of drug-likeness (QED) is 0.813. The molecule has 2 aliphatic heterocycles. The fraction of sp³-hybridized carbons (Fsp3) is 0.619. The van der Waals surface area contributed by atoms with Crippen molar-refractivity contribution in [2.45, 2.75) is 39.7 Å². The maximum absolute atomic E-state index is 12.7. The molecule has 2 aliphatic rings. The molecule has 27 heavy (non-hydrogen) atoms. The highest BCUT2D eigenvalue weighted by Crippen LogP contribution is 2.20. The minimum absolute atomic E-state index is 0.00327. The number of piperazine rings is 1. The number of hydrogen-bond acceptors (Lipinski definition) is 4. The highest BCUT2D eigenvalue weighted by Gasteiger charge is 2.31. The Bertz CT molecular complexity index is 652. The molecule has 1 aromatic rings. The normalized spacial score (nSPS) is 20.6. The lowest BCUT2D eigenvalue weighted by molar-refractivity contribution is -0.140. The first-order valence-electron chi connectivity index (χ1n) is 9.78. The van der Waals surface area contributed by atoms with Crippen LogP contribution in [-0.4, -0.2) is 67.1 Å². The zero-order chi connectivity index (χ0) is 19.4. The van der Waals surface area contributed by atoms with E-state index in [9.17, 15) is 9.59 Å². The first-order chi connectivity index (χ1) is 12.8. The summed E-state index contributed by atoms with van der Waals surface area (Å²) in [5.74, 6) is 0.897. The fourth-order valence-electron chi connectivity index (χ4n) is 3.43. The lowest BCUT2D eigenvalue weighted by Crippen LogP contribution is -2.53. The van der Waals surface area contributed by atoms with E-state index in [0.29, 0.717) is 38.3 Å². The number of ether oxygens (including phenoxy) is 2. The summed E-state index contributed by atoms with van der Waals surface area (Å²) in [7, 11) is 0. The van der Waals surface area contributed by atoms with Crippen LogP contribution in [-0.2, 0) is 9.53 Å². The van der Waals surface area contributed by atoms with Crippen LogP contribution in [0.2, 0.25) is 0 Å². The van der Waals surface area contributed by atoms with Crippen LogP contribution in [0, 0.1) is 5.41 Å². The second-order valence-electron chi connectivity index (χ2n) is 8.30. The van der Waals surface area contributed by atoms with Gasteiger partial charge in [-0.3, -0.25) is 9.59 Å². The molecular formula is C21H30N2O4. The summed E-state index contributed by atoms with van der Waals surface area (Å²) in [6.45, 7) is 9.46. The van der Waals surface area contributed by atoms with E-state index >= 15 is 0 Å². The van der Waals surface area contributed by atoms with Crippen LogP contribution in [0.5, 0.6) is 5.75 Å². The first-order valence-corrected chi connectivity index (χ1v) is 9.78. The molecule has 1 unspecified atom stereocenters. The van der Waals surface area contributed by atoms with Crippen molar-refractivity contribution in [1.82, 2.24) is 9.80 Å². The third kappa shape index (κ3) is 5.01. The van der Waals surface area contributed by atoms with Gasteiger partial charge >= 0.3 is 0 Å². The molecule has 2 fully saturated rings. The molecule has 0 aromatic heterocycles. The number of benzene rings is 1. The van der Waals surface area contributed by atoms with Crippen molar-refractivity contribution in [1.29, 1.82) is 0 Å². The Morgan fingerprint density at radius 3 is 2.26 bits per heavy atom. The molecule has 1 aromatic carbocycles. The SMILES string of the molecule is CC(C)(C)C(=O)N1CCN(C(=O)c2ccc(OCC3CCCO3)cc2)CC1. The lowest BCUT2D eigenvalue weighted by atomic mass is 9.94. The summed E-state index contributed by atoms with van der Waals surface area (Å²) in [6, 6.07) is 7.28. The zero-order valence-electron chi connectivity index (χ0n) is 16.6. The second kappa shape index (κ2) is 8.30. The van der Waals surface area contributed by atoms with Crippen LogP contribution in [0.3, 0.4) is 0 Å². The Morgan fingerprint density at radius 2 is 1.70 bits per heavy atom. The van der Waals surface area contributed by atoms with Gasteiger partial charge in [-0.2, -0.15) is 0 Å². The number of carbonyl (C=O) groups excluding carboxylic acids is 2. The van der Waals surface area contributed by atoms with Gasteiger partial charge in [0.25, 0.3) is 5.91 Å². The first kappa shape index (κ1) is 19.7. The molecule has 0 N–H and O–H groups in total. The molecule has 2 amide bonds. The summed E-state index contributed by atoms with van der Waals surface area (Å²) in [4.78, 5) is 28.7. The topological polar surface area (TPSA) is 59.1 Å². The number of rotatable bonds is 4. The molecule has 0 radical (unpaired) electrons. The van der Waals surface area contributed by atoms with Gasteiger partial charge in [0.2, 0.25) is 5.91 Å². The van der Waals surface area contributed by atoms with Crippen molar-refractivity contribution in [2.75, 3.05) is 39.4 Å². The Labute approximate surface area is 161 Å². The Hall–Kier alpha value is -2.08. The summed E-state index contributed by atoms with van der Waals surface area (Å²) in [6.07, 6.45) is 2.31. The maximum Gasteiger partial charge on any atom is 0.253 e. The molecule has 3 rings (SSSR count). The molecule has 2 saturated heterocycles. The minimum Gasteiger partial charge on any atom is -0.491 e. The third-order valence-electron chi connectivity index (χ3n) is 5.06. The van der Waals surface area contributed by atoms with Crippen molar-refractivity contribution in [3.05, 3.63) is 29.8 Å². The molecular weight excluding hydrogens is 344 g/mol. The molecule has 0 spiro atoms. The van der Waals surface area contributed by atoms with Gasteiger partial charge in [-0.05, 0) is 37.1 Å². The molecule has 6 nitrogen and oxygen atoms in total. The molecule has 2 heterocycles. The van der Waals surface area contributed by atoms with Gasteiger partial charge in [-0.15, -0.1) is 0 Å². The van der Waals surface area contributed by atoms with Crippen molar-refractivity contribution < 1.29 is 19.1 Å². The Morgan fingerprint density at radius 1 is 1.07 bits per heavy atom. The predicted octanol–water partition coefficient (Wildman–Crippen LogP) is 2.57. The van der Waals surface area contributed by atoms with E-state index in [0.717, 1.165) is 25.2 Å². The van der Waals surface area contributed by atoms with E-state index < -0.39 is 0 Å². The summed E-state index contributed by atoms with van der Waals surface area (Å²) < 4.78 is 11.3. The van der Waals surface area contributed by atoms with Crippen LogP contribution in [0.15, 0.2) is 24.3 Å². The van der Waals surface area contributed by atoms with E-state index in [1.807, 2.05) is 42.7 Å². The minimum atomic E-state index is -0.383. The number of nitrogens with zero attached hydrogens (tertiary/aromatic N) is 2. The number of amides is 2. The standard InChI is InChI=1S/C21H30N2O4/c1-21(2,3)20(25)23-12-10-22(11-13-23)19(24)16-6-8-17(9-7-16)27-15-18-5-4-14-26-18/h6-9,18H,4-5,10-15H2,1-3H3. The predicted molar refractivity (Wildman–Crippen MR) is 103 cm³/mol. The fourth-order valence-corrected chi connectivity index (χ4v) is 3.43. The summed E-state index contributed by atoms with van der Waals surface area (Å²) in [5.41, 5.74) is 0.265. The van der Waals surface area contributed by atoms with Gasteiger partial charge in [-0.1, -0.05) is 20.8 Å². The van der Waals surface area contributed by atoms with Crippen molar-refractivity contribution >= 4 is 11.8 Å². The van der Waals surface area contributed by atoms with E-state index in [4.69, 9.17) is 9.47 Å². The Kier molecular flexibility index (Phi) is 6.05. The van der Waals surface area contributed by atoms with Crippen molar-refractivity contribution in [3.8, 4) is 5.75 Å². The second-order valence-corrected chi connectivity index (χ2v) is 8.30. The lowest BCUT2D eigenvalue weighted by Gasteiger charge is -2.37. The van der Waals surface area contributed by atoms with Crippen molar-refractivity contribution in [2.24, 2.45) is 5.41 Å². The van der Waals surface area contributed by atoms with Crippen LogP contribution < -0.4 is 4.74 Å². The zero-order valence-corrected chi connectivity index (χ0v) is 16.6. The average Bonchev–Trinajstić information content (AvgIpc) is 3.19. The van der Waals surface area contributed by atoms with E-state index in [1.54, 1.807) is 12.1 Å². The smallest absolute Gasteiger partial charge is 0.253 e. The van der Waals surface area contributed by atoms with Crippen LogP contribution >= 0.6 is 0 Å². The van der Waals surface area contributed by atoms with E-state index in [2.05, 4.69) is 0 Å². The van der Waals surface area contributed by atoms with Gasteiger partial charge in [-0.25, -0.2) is 0 Å². The molecule has 0 aliphatic carbocycles. The van der Waals surface area contributed by atoms with Crippen LogP contribution in [0.1, 0.15) is 44.0 Å². The van der Waals surface area contributed by atoms with Gasteiger partial charge in [0, 0.05) is 43.8 Å². The number of hydrogen-bond donors (Lipinski definition) is 0. The molecule has 6 heteroatoms.